The van der Waals surface area contributed by atoms with Gasteiger partial charge in [-0.25, -0.2) is 9.79 Å². The average Bonchev–Trinajstić information content (AvgIpc) is 3.17. The van der Waals surface area contributed by atoms with Crippen LogP contribution in [0.4, 0.5) is 0 Å². The molecule has 35 heavy (non-hydrogen) atoms. The predicted molar refractivity (Wildman–Crippen MR) is 131 cm³/mol. The molecule has 1 aromatic heterocycles. The number of hydrogen-bond acceptors (Lipinski definition) is 8. The third-order valence-corrected chi connectivity index (χ3v) is 6.41. The van der Waals surface area contributed by atoms with Gasteiger partial charge < -0.3 is 14.2 Å². The molecule has 9 heteroatoms. The van der Waals surface area contributed by atoms with Crippen molar-refractivity contribution in [2.75, 3.05) is 20.3 Å². The van der Waals surface area contributed by atoms with Gasteiger partial charge in [-0.2, -0.15) is 5.26 Å². The molecule has 178 valence electrons. The van der Waals surface area contributed by atoms with E-state index in [0.29, 0.717) is 37.7 Å². The maximum absolute atomic E-state index is 13.6. The van der Waals surface area contributed by atoms with Crippen molar-refractivity contribution in [1.82, 2.24) is 4.57 Å². The van der Waals surface area contributed by atoms with E-state index in [0.717, 1.165) is 5.56 Å². The fourth-order valence-corrected chi connectivity index (χ4v) is 4.95. The second kappa shape index (κ2) is 10.4. The number of aromatic nitrogens is 1. The molecule has 0 spiro atoms. The van der Waals surface area contributed by atoms with Gasteiger partial charge in [-0.1, -0.05) is 41.7 Å². The molecule has 0 unspecified atom stereocenters. The average molecular weight is 490 g/mol. The van der Waals surface area contributed by atoms with Gasteiger partial charge >= 0.3 is 5.97 Å². The number of ether oxygens (including phenoxy) is 3. The van der Waals surface area contributed by atoms with E-state index >= 15 is 0 Å². The Labute approximate surface area is 205 Å². The summed E-state index contributed by atoms with van der Waals surface area (Å²) in [4.78, 5) is 31.7. The zero-order chi connectivity index (χ0) is 24.9. The van der Waals surface area contributed by atoms with Crippen LogP contribution in [0.5, 0.6) is 11.5 Å². The van der Waals surface area contributed by atoms with Gasteiger partial charge in [-0.15, -0.1) is 0 Å². The first-order valence-corrected chi connectivity index (χ1v) is 11.7. The van der Waals surface area contributed by atoms with Crippen LogP contribution < -0.4 is 24.4 Å². The highest BCUT2D eigenvalue weighted by atomic mass is 32.1. The van der Waals surface area contributed by atoms with Crippen LogP contribution in [0.3, 0.4) is 0 Å². The first kappa shape index (κ1) is 24.0. The van der Waals surface area contributed by atoms with Crippen LogP contribution in [0.2, 0.25) is 0 Å². The summed E-state index contributed by atoms with van der Waals surface area (Å²) in [5, 5.41) is 8.66. The first-order valence-electron chi connectivity index (χ1n) is 10.9. The van der Waals surface area contributed by atoms with Gasteiger partial charge in [0.15, 0.2) is 11.4 Å². The quantitative estimate of drug-likeness (QED) is 0.473. The van der Waals surface area contributed by atoms with Crippen LogP contribution in [-0.2, 0) is 9.53 Å². The van der Waals surface area contributed by atoms with E-state index < -0.39 is 12.0 Å². The van der Waals surface area contributed by atoms with Gasteiger partial charge in [-0.3, -0.25) is 9.36 Å². The van der Waals surface area contributed by atoms with E-state index in [-0.39, 0.29) is 18.8 Å². The molecule has 0 amide bonds. The summed E-state index contributed by atoms with van der Waals surface area (Å²) >= 11 is 1.24. The van der Waals surface area contributed by atoms with E-state index in [1.54, 1.807) is 57.4 Å². The molecule has 0 N–H and O–H groups in total. The van der Waals surface area contributed by atoms with Crippen molar-refractivity contribution in [3.63, 3.8) is 0 Å². The maximum Gasteiger partial charge on any atom is 0.338 e. The van der Waals surface area contributed by atoms with Crippen molar-refractivity contribution >= 4 is 23.4 Å². The van der Waals surface area contributed by atoms with Crippen LogP contribution >= 0.6 is 11.3 Å². The van der Waals surface area contributed by atoms with Crippen LogP contribution in [-0.4, -0.2) is 30.9 Å². The lowest BCUT2D eigenvalue weighted by molar-refractivity contribution is -0.139. The summed E-state index contributed by atoms with van der Waals surface area (Å²) in [5.41, 5.74) is 1.97. The van der Waals surface area contributed by atoms with Crippen LogP contribution in [0, 0.1) is 11.3 Å². The zero-order valence-corrected chi connectivity index (χ0v) is 20.3. The Morgan fingerprint density at radius 1 is 1.23 bits per heavy atom. The van der Waals surface area contributed by atoms with Crippen molar-refractivity contribution in [3.05, 3.63) is 90.6 Å². The lowest BCUT2D eigenvalue weighted by Gasteiger charge is -2.25. The standard InChI is InChI=1S/C26H23N3O5S/c1-4-33-25(31)22-16(2)28-26-29(23(22)19-7-5-6-8-20(19)32-3)24(30)21(35-26)15-17-9-11-18(12-10-17)34-14-13-27/h5-12,15,23H,4,14H2,1-3H3/b21-15-/t23-/m0/s1. The van der Waals surface area contributed by atoms with Crippen LogP contribution in [0.15, 0.2) is 69.6 Å². The monoisotopic (exact) mass is 489 g/mol. The van der Waals surface area contributed by atoms with Crippen molar-refractivity contribution in [3.8, 4) is 17.6 Å². The molecular formula is C26H23N3O5S. The van der Waals surface area contributed by atoms with Gasteiger partial charge in [0.05, 0.1) is 29.5 Å². The molecule has 2 aromatic carbocycles. The van der Waals surface area contributed by atoms with Crippen molar-refractivity contribution < 1.29 is 19.0 Å². The number of nitrogens with zero attached hydrogens (tertiary/aromatic N) is 3. The number of methoxy groups -OCH3 is 1. The lowest BCUT2D eigenvalue weighted by atomic mass is 9.95. The minimum absolute atomic E-state index is 0.0386. The minimum atomic E-state index is -0.745. The van der Waals surface area contributed by atoms with Crippen molar-refractivity contribution in [1.29, 1.82) is 5.26 Å². The second-order valence-corrected chi connectivity index (χ2v) is 8.57. The molecule has 0 radical (unpaired) electrons. The van der Waals surface area contributed by atoms with Crippen LogP contribution in [0.25, 0.3) is 6.08 Å². The summed E-state index contributed by atoms with van der Waals surface area (Å²) in [6.07, 6.45) is 1.76. The maximum atomic E-state index is 13.6. The summed E-state index contributed by atoms with van der Waals surface area (Å²) in [6.45, 7) is 3.64. The molecular weight excluding hydrogens is 466 g/mol. The van der Waals surface area contributed by atoms with E-state index in [4.69, 9.17) is 19.5 Å². The summed E-state index contributed by atoms with van der Waals surface area (Å²) in [7, 11) is 1.55. The number of thiazole rings is 1. The van der Waals surface area contributed by atoms with Gasteiger partial charge in [0.2, 0.25) is 0 Å². The Kier molecular flexibility index (Phi) is 7.13. The number of esters is 1. The Morgan fingerprint density at radius 3 is 2.66 bits per heavy atom. The number of fused-ring (bicyclic) bond motifs is 1. The van der Waals surface area contributed by atoms with Gasteiger partial charge in [0.1, 0.15) is 23.6 Å². The SMILES string of the molecule is CCOC(=O)C1=C(C)N=c2s/c(=C\c3ccc(OCC#N)cc3)c(=O)n2[C@H]1c1ccccc1OC. The van der Waals surface area contributed by atoms with E-state index in [9.17, 15) is 9.59 Å². The fraction of sp³-hybridized carbons (Fsp3) is 0.231. The molecule has 1 aliphatic rings. The molecule has 8 nitrogen and oxygen atoms in total. The molecule has 0 saturated carbocycles. The number of carbonyl (C=O) groups is 1. The molecule has 0 aliphatic carbocycles. The van der Waals surface area contributed by atoms with Crippen LogP contribution in [0.1, 0.15) is 31.0 Å². The largest absolute Gasteiger partial charge is 0.496 e. The highest BCUT2D eigenvalue weighted by Crippen LogP contribution is 2.35. The molecule has 1 atom stereocenters. The fourth-order valence-electron chi connectivity index (χ4n) is 3.91. The van der Waals surface area contributed by atoms with Crippen molar-refractivity contribution in [2.45, 2.75) is 19.9 Å². The number of allylic oxidation sites excluding steroid dienone is 1. The molecule has 0 fully saturated rings. The highest BCUT2D eigenvalue weighted by Gasteiger charge is 2.34. The Bertz CT molecular complexity index is 1510. The molecule has 0 saturated heterocycles. The zero-order valence-electron chi connectivity index (χ0n) is 19.5. The molecule has 0 bridgehead atoms. The third-order valence-electron chi connectivity index (χ3n) is 5.43. The number of hydrogen-bond donors (Lipinski definition) is 0. The highest BCUT2D eigenvalue weighted by molar-refractivity contribution is 7.07. The Morgan fingerprint density at radius 2 is 1.97 bits per heavy atom. The number of carbonyl (C=O) groups excluding carboxylic acids is 1. The Hall–Kier alpha value is -4.16. The normalized spacial score (nSPS) is 15.1. The number of benzene rings is 2. The number of nitriles is 1. The smallest absolute Gasteiger partial charge is 0.338 e. The molecule has 4 rings (SSSR count). The van der Waals surface area contributed by atoms with Gasteiger partial charge in [-0.05, 0) is 43.7 Å². The molecule has 3 aromatic rings. The first-order chi connectivity index (χ1) is 17.0. The predicted octanol–water partition coefficient (Wildman–Crippen LogP) is 2.71. The molecule has 1 aliphatic heterocycles. The van der Waals surface area contributed by atoms with E-state index in [2.05, 4.69) is 4.99 Å². The summed E-state index contributed by atoms with van der Waals surface area (Å²) < 4.78 is 18.2. The summed E-state index contributed by atoms with van der Waals surface area (Å²) in [6, 6.07) is 15.5. The Balaban J connectivity index is 1.88. The number of para-hydroxylation sites is 1. The molecule has 2 heterocycles. The lowest BCUT2D eigenvalue weighted by Crippen LogP contribution is -2.40. The second-order valence-electron chi connectivity index (χ2n) is 7.56. The minimum Gasteiger partial charge on any atom is -0.496 e. The third kappa shape index (κ3) is 4.74. The van der Waals surface area contributed by atoms with E-state index in [1.807, 2.05) is 24.3 Å². The van der Waals surface area contributed by atoms with Gasteiger partial charge in [0.25, 0.3) is 5.56 Å². The van der Waals surface area contributed by atoms with Crippen molar-refractivity contribution in [2.24, 2.45) is 4.99 Å². The number of rotatable bonds is 7. The topological polar surface area (TPSA) is 103 Å². The van der Waals surface area contributed by atoms with Gasteiger partial charge in [0, 0.05) is 5.56 Å². The van der Waals surface area contributed by atoms with E-state index in [1.165, 1.54) is 15.9 Å². The summed E-state index contributed by atoms with van der Waals surface area (Å²) in [5.74, 6) is 0.597.